The molecule has 0 bridgehead atoms. The van der Waals surface area contributed by atoms with Crippen LogP contribution in [0.1, 0.15) is 41.0 Å². The molecule has 8 aliphatic rings. The van der Waals surface area contributed by atoms with Crippen LogP contribution in [0.25, 0.3) is 0 Å². The molecule has 54 heteroatoms. The lowest BCUT2D eigenvalue weighted by molar-refractivity contribution is -0.398. The van der Waals surface area contributed by atoms with E-state index in [1.807, 2.05) is 0 Å². The second-order valence-corrected chi connectivity index (χ2v) is 30.1. The maximum Gasteiger partial charge on any atom is 0.364 e. The lowest BCUT2D eigenvalue weighted by Crippen LogP contribution is -2.70. The molecule has 0 radical (unpaired) electrons. The molecule has 0 spiro atoms. The Bertz CT molecular complexity index is 3290. The topological polar surface area (TPSA) is 856 Å². The Hall–Kier alpha value is -4.86. The number of hydrogen-bond acceptors (Lipinski definition) is 48. The van der Waals surface area contributed by atoms with Gasteiger partial charge in [-0.15, -0.1) is 0 Å². The van der Waals surface area contributed by atoms with Crippen molar-refractivity contribution in [2.24, 2.45) is 0 Å². The van der Waals surface area contributed by atoms with Gasteiger partial charge in [-0.05, 0) is 0 Å². The predicted molar refractivity (Wildman–Crippen MR) is 374 cm³/mol. The molecule has 54 nitrogen and oxygen atoms in total. The van der Waals surface area contributed by atoms with Crippen molar-refractivity contribution in [2.45, 2.75) is 316 Å². The van der Waals surface area contributed by atoms with E-state index in [2.05, 4.69) is 26.6 Å². The molecule has 0 aliphatic carbocycles. The molecule has 0 aromatic heterocycles. The van der Waals surface area contributed by atoms with Gasteiger partial charge in [0.15, 0.2) is 44.0 Å². The third kappa shape index (κ3) is 23.6. The SMILES string of the molecule is CC(=O)N[C@H]1[C@H]([C@H](O)[C@H](O)CO)OC(OC[C@H]2OC(O[C@H]3[C@H](O)[C@@H](NC(C)=O)C(O[C@@H]4C(O[C@H]5[C@H](O)[C@@H](COC6O[C@H](CO)[C@@H](O)[C@H](O)[C@@H]6OC6O[C@H](CO)[C@@H](O)[C@H](O)[C@H]6NC(C)=O)OC(O[C@H]6[C@H](O)[C@@H](NC(C)=O)C(O[C@@H]([C@H](O)[C@H](CO)NC(C)=O)[C@H](O)CO)O[C@@H]6CO)[C@H]5O)O[C@H](CO)[C@@H](O)[C@@H]4O)O[C@@H]3CO)[C@H](O)[C@@H](O)[C@H]2O)(C(=O)O)C[C@@H]1O. The number of carboxylic acids is 1. The van der Waals surface area contributed by atoms with Gasteiger partial charge in [-0.1, -0.05) is 0 Å². The Balaban J connectivity index is 1.12. The Labute approximate surface area is 685 Å². The molecular weight excluding hydrogens is 1660 g/mol. The molecule has 0 aromatic rings. The molecule has 8 saturated heterocycles. The molecule has 8 rings (SSSR count). The summed E-state index contributed by atoms with van der Waals surface area (Å²) in [5.41, 5.74) is 0. The molecule has 8 heterocycles. The van der Waals surface area contributed by atoms with Gasteiger partial charge in [-0.25, -0.2) is 4.79 Å². The zero-order valence-corrected chi connectivity index (χ0v) is 65.2. The first kappa shape index (κ1) is 102. The number of amides is 5. The van der Waals surface area contributed by atoms with E-state index in [0.29, 0.717) is 0 Å². The highest BCUT2D eigenvalue weighted by molar-refractivity contribution is 5.77. The summed E-state index contributed by atoms with van der Waals surface area (Å²) in [6.45, 7) is -7.03. The van der Waals surface area contributed by atoms with Gasteiger partial charge < -0.3 is 240 Å². The number of ether oxygens (including phenoxy) is 16. The summed E-state index contributed by atoms with van der Waals surface area (Å²) in [4.78, 5) is 75.8. The van der Waals surface area contributed by atoms with Gasteiger partial charge in [0, 0.05) is 41.0 Å². The van der Waals surface area contributed by atoms with Crippen molar-refractivity contribution in [3.63, 3.8) is 0 Å². The number of nitrogens with one attached hydrogen (secondary N) is 5. The maximum atomic E-state index is 13.2. The zero-order valence-electron chi connectivity index (χ0n) is 65.2. The summed E-state index contributed by atoms with van der Waals surface area (Å²) in [7, 11) is 0. The molecule has 0 saturated carbocycles. The molecule has 0 aromatic carbocycles. The highest BCUT2D eigenvalue weighted by Gasteiger charge is 2.62. The molecule has 32 N–H and O–H groups in total. The van der Waals surface area contributed by atoms with Crippen LogP contribution < -0.4 is 26.6 Å². The molecule has 121 heavy (non-hydrogen) atoms. The summed E-state index contributed by atoms with van der Waals surface area (Å²) in [6.07, 6.45) is -86.9. The number of aliphatic hydroxyl groups is 26. The number of carbonyl (C=O) groups excluding carboxylic acids is 5. The normalized spacial score (nSPS) is 43.9. The van der Waals surface area contributed by atoms with Crippen molar-refractivity contribution in [2.75, 3.05) is 66.1 Å². The predicted octanol–water partition coefficient (Wildman–Crippen LogP) is -21.1. The van der Waals surface area contributed by atoms with Crippen LogP contribution in [-0.4, -0.2) is 515 Å². The van der Waals surface area contributed by atoms with E-state index >= 15 is 0 Å². The first-order valence-corrected chi connectivity index (χ1v) is 38.2. The van der Waals surface area contributed by atoms with Crippen LogP contribution >= 0.6 is 0 Å². The van der Waals surface area contributed by atoms with E-state index in [1.165, 1.54) is 0 Å². The van der Waals surface area contributed by atoms with Crippen molar-refractivity contribution in [1.29, 1.82) is 0 Å². The van der Waals surface area contributed by atoms with Crippen molar-refractivity contribution in [1.82, 2.24) is 26.6 Å². The Morgan fingerprint density at radius 1 is 0.372 bits per heavy atom. The lowest BCUT2D eigenvalue weighted by Gasteiger charge is -2.51. The highest BCUT2D eigenvalue weighted by Crippen LogP contribution is 2.41. The van der Waals surface area contributed by atoms with Crippen LogP contribution in [0.4, 0.5) is 0 Å². The zero-order chi connectivity index (χ0) is 90.0. The Morgan fingerprint density at radius 3 is 1.22 bits per heavy atom. The van der Waals surface area contributed by atoms with Crippen molar-refractivity contribution in [3.05, 3.63) is 0 Å². The summed E-state index contributed by atoms with van der Waals surface area (Å²) < 4.78 is 94.8. The number of carbonyl (C=O) groups is 6. The first-order chi connectivity index (χ1) is 57.0. The quantitative estimate of drug-likeness (QED) is 0.0275. The van der Waals surface area contributed by atoms with E-state index in [-0.39, 0.29) is 0 Å². The van der Waals surface area contributed by atoms with Gasteiger partial charge >= 0.3 is 5.97 Å². The van der Waals surface area contributed by atoms with Gasteiger partial charge in [-0.2, -0.15) is 0 Å². The number of rotatable bonds is 37. The second kappa shape index (κ2) is 44.7. The minimum Gasteiger partial charge on any atom is -0.477 e. The fraction of sp³-hybridized carbons (Fsp3) is 0.910. The van der Waals surface area contributed by atoms with Crippen LogP contribution in [0, 0.1) is 0 Å². The van der Waals surface area contributed by atoms with Crippen LogP contribution in [-0.2, 0) is 105 Å². The van der Waals surface area contributed by atoms with Crippen LogP contribution in [0.3, 0.4) is 0 Å². The standard InChI is InChI=1S/C67H113N5O49/c1-17(81)68-22(7-73)37(89)52(25(88)9-75)115-60-35(71-20(4)84)45(97)54(30(14-80)111-60)117-63-51(103)56(43(95)31(113-63)15-106-64-57(48(100)40(92)27(11-77)109-64)119-59-34(70-19(3)83)44(96)39(91)26(10-76)108-59)118-65-58(49(101)41(93)28(12-78)110-65)120-61-36(72-21(5)85)46(98)53(29(13-79)112-61)116-62-50(102)47(99)42(94)32(114-62)16-107-67(66(104)105)6-23(86)33(69-18(2)82)55(121-67)38(90)24(87)8-74/h22-65,73-80,86-103H,6-16H2,1-5H3,(H,68,81)(H,69,82)(H,70,83)(H,71,84)(H,72,85)(H,104,105)/t22-,23-,24+,25+,26+,27+,28+,29+,30+,31+,32+,33+,34+,35+,36+,37+,38+,39+,40+,41+,42-,43+,44+,45+,46+,47-,48-,49-,50+,51-,52+,53+,54+,55+,56-,57-,58-,59?,60?,61?,62?,63?,64?,65?,67?/m0/s1. The minimum atomic E-state index is -3.09. The molecule has 700 valence electrons. The van der Waals surface area contributed by atoms with Gasteiger partial charge in [0.1, 0.15) is 207 Å². The fourth-order valence-corrected chi connectivity index (χ4v) is 15.0. The van der Waals surface area contributed by atoms with Gasteiger partial charge in [0.2, 0.25) is 29.5 Å². The van der Waals surface area contributed by atoms with Gasteiger partial charge in [0.25, 0.3) is 5.79 Å². The third-order valence-corrected chi connectivity index (χ3v) is 21.4. The van der Waals surface area contributed by atoms with Gasteiger partial charge in [0.05, 0.1) is 84.3 Å². The van der Waals surface area contributed by atoms with Crippen molar-refractivity contribution < 1.29 is 242 Å². The maximum absolute atomic E-state index is 13.2. The molecule has 8 aliphatic heterocycles. The number of hydrogen-bond donors (Lipinski definition) is 32. The van der Waals surface area contributed by atoms with E-state index in [9.17, 15) is 167 Å². The molecule has 45 atom stereocenters. The van der Waals surface area contributed by atoms with Crippen molar-refractivity contribution in [3.8, 4) is 0 Å². The minimum absolute atomic E-state index is 0.823. The second-order valence-electron chi connectivity index (χ2n) is 30.1. The summed E-state index contributed by atoms with van der Waals surface area (Å²) in [5, 5.41) is 311. The highest BCUT2D eigenvalue weighted by atomic mass is 16.8. The molecule has 8 unspecified atom stereocenters. The average Bonchev–Trinajstić information content (AvgIpc) is 0.757. The Kier molecular flexibility index (Phi) is 37.5. The van der Waals surface area contributed by atoms with Crippen LogP contribution in [0.15, 0.2) is 0 Å². The number of aliphatic hydroxyl groups excluding tert-OH is 26. The average molecular weight is 1770 g/mol. The van der Waals surface area contributed by atoms with E-state index in [1.54, 1.807) is 0 Å². The van der Waals surface area contributed by atoms with E-state index < -0.39 is 383 Å². The fourth-order valence-electron chi connectivity index (χ4n) is 15.0. The summed E-state index contributed by atoms with van der Waals surface area (Å²) in [5.74, 6) is -9.72. The third-order valence-electron chi connectivity index (χ3n) is 21.4. The summed E-state index contributed by atoms with van der Waals surface area (Å²) >= 11 is 0. The van der Waals surface area contributed by atoms with E-state index in [4.69, 9.17) is 75.8 Å². The number of aliphatic carboxylic acids is 1. The molecule has 8 fully saturated rings. The largest absolute Gasteiger partial charge is 0.477 e. The lowest BCUT2D eigenvalue weighted by atomic mass is 9.88. The van der Waals surface area contributed by atoms with Gasteiger partial charge in [-0.3, -0.25) is 24.0 Å². The van der Waals surface area contributed by atoms with Crippen LogP contribution in [0.2, 0.25) is 0 Å². The van der Waals surface area contributed by atoms with E-state index in [0.717, 1.165) is 34.6 Å². The molecule has 5 amide bonds. The summed E-state index contributed by atoms with van der Waals surface area (Å²) in [6, 6.07) is -9.21. The smallest absolute Gasteiger partial charge is 0.364 e. The number of carboxylic acid groups (broad SMARTS) is 1. The monoisotopic (exact) mass is 1770 g/mol. The Morgan fingerprint density at radius 2 is 0.760 bits per heavy atom. The van der Waals surface area contributed by atoms with Crippen LogP contribution in [0.5, 0.6) is 0 Å². The van der Waals surface area contributed by atoms with Crippen molar-refractivity contribution >= 4 is 35.5 Å². The molecular formula is C67H113N5O49. The first-order valence-electron chi connectivity index (χ1n) is 38.2.